The van der Waals surface area contributed by atoms with Crippen molar-refractivity contribution in [2.45, 2.75) is 44.2 Å². The van der Waals surface area contributed by atoms with Gasteiger partial charge in [0.05, 0.1) is 27.9 Å². The lowest BCUT2D eigenvalue weighted by Crippen LogP contribution is -2.24. The van der Waals surface area contributed by atoms with Gasteiger partial charge in [-0.25, -0.2) is 27.0 Å². The van der Waals surface area contributed by atoms with Gasteiger partial charge in [0, 0.05) is 25.9 Å². The number of anilines is 1. The van der Waals surface area contributed by atoms with E-state index in [0.29, 0.717) is 35.6 Å². The molecule has 0 unspecified atom stereocenters. The zero-order chi connectivity index (χ0) is 24.2. The minimum absolute atomic E-state index is 0.0122. The van der Waals surface area contributed by atoms with Crippen LogP contribution in [0.3, 0.4) is 0 Å². The zero-order valence-corrected chi connectivity index (χ0v) is 20.0. The van der Waals surface area contributed by atoms with E-state index in [1.165, 1.54) is 12.1 Å². The second-order valence-electron chi connectivity index (χ2n) is 7.68. The smallest absolute Gasteiger partial charge is 0.238 e. The molecule has 4 N–H and O–H groups in total. The Kier molecular flexibility index (Phi) is 7.40. The standard InChI is InChI=1S/C21H27N5O5S2/c1-3-12-26-19-9-8-16(33(22,30)31)13-18(19)24-20(26)10-11-21(27)23-14-15-6-4-5-7-17(15)25-32(2,28)29/h4-9,13,25H,3,10-12,14H2,1-2H3,(H,23,27)(H2,22,30,31). The fourth-order valence-corrected chi connectivity index (χ4v) is 4.61. The normalized spacial score (nSPS) is 12.1. The van der Waals surface area contributed by atoms with E-state index in [9.17, 15) is 21.6 Å². The summed E-state index contributed by atoms with van der Waals surface area (Å²) in [4.78, 5) is 17.0. The molecule has 33 heavy (non-hydrogen) atoms. The van der Waals surface area contributed by atoms with Crippen LogP contribution >= 0.6 is 0 Å². The number of nitrogens with zero attached hydrogens (tertiary/aromatic N) is 2. The summed E-state index contributed by atoms with van der Waals surface area (Å²) in [5, 5.41) is 8.03. The van der Waals surface area contributed by atoms with Gasteiger partial charge < -0.3 is 9.88 Å². The molecule has 2 aromatic carbocycles. The molecule has 0 radical (unpaired) electrons. The highest BCUT2D eigenvalue weighted by molar-refractivity contribution is 7.92. The van der Waals surface area contributed by atoms with Crippen LogP contribution in [0.15, 0.2) is 47.4 Å². The third-order valence-electron chi connectivity index (χ3n) is 4.94. The highest BCUT2D eigenvalue weighted by Crippen LogP contribution is 2.21. The molecule has 0 aliphatic carbocycles. The molecular formula is C21H27N5O5S2. The first-order valence-electron chi connectivity index (χ1n) is 10.3. The SMILES string of the molecule is CCCn1c(CCC(=O)NCc2ccccc2NS(C)(=O)=O)nc2cc(S(N)(=O)=O)ccc21. The maximum Gasteiger partial charge on any atom is 0.238 e. The van der Waals surface area contributed by atoms with Gasteiger partial charge in [-0.3, -0.25) is 9.52 Å². The number of nitrogens with one attached hydrogen (secondary N) is 2. The number of carbonyl (C=O) groups excluding carboxylic acids is 1. The van der Waals surface area contributed by atoms with Gasteiger partial charge in [-0.15, -0.1) is 0 Å². The van der Waals surface area contributed by atoms with Gasteiger partial charge in [0.2, 0.25) is 26.0 Å². The van der Waals surface area contributed by atoms with E-state index < -0.39 is 20.0 Å². The van der Waals surface area contributed by atoms with E-state index in [1.807, 2.05) is 11.5 Å². The minimum Gasteiger partial charge on any atom is -0.352 e. The van der Waals surface area contributed by atoms with E-state index >= 15 is 0 Å². The average Bonchev–Trinajstić information content (AvgIpc) is 3.07. The number of nitrogens with two attached hydrogens (primary N) is 1. The summed E-state index contributed by atoms with van der Waals surface area (Å²) in [6.45, 7) is 2.86. The number of imidazole rings is 1. The molecule has 0 atom stereocenters. The molecule has 0 aliphatic rings. The molecular weight excluding hydrogens is 466 g/mol. The minimum atomic E-state index is -3.84. The fraction of sp³-hybridized carbons (Fsp3) is 0.333. The van der Waals surface area contributed by atoms with Crippen molar-refractivity contribution < 1.29 is 21.6 Å². The van der Waals surface area contributed by atoms with E-state index in [1.54, 1.807) is 30.3 Å². The number of amides is 1. The van der Waals surface area contributed by atoms with E-state index in [4.69, 9.17) is 5.14 Å². The molecule has 3 aromatic rings. The zero-order valence-electron chi connectivity index (χ0n) is 18.4. The maximum atomic E-state index is 12.5. The Balaban J connectivity index is 1.71. The van der Waals surface area contributed by atoms with Gasteiger partial charge >= 0.3 is 0 Å². The van der Waals surface area contributed by atoms with E-state index in [0.717, 1.165) is 18.2 Å². The van der Waals surface area contributed by atoms with Crippen molar-refractivity contribution in [3.05, 3.63) is 53.9 Å². The fourth-order valence-electron chi connectivity index (χ4n) is 3.48. The number of hydrogen-bond acceptors (Lipinski definition) is 6. The Morgan fingerprint density at radius 3 is 2.52 bits per heavy atom. The summed E-state index contributed by atoms with van der Waals surface area (Å²) in [5.74, 6) is 0.456. The Bertz CT molecular complexity index is 1380. The number of sulfonamides is 2. The van der Waals surface area contributed by atoms with Crippen LogP contribution in [0, 0.1) is 0 Å². The highest BCUT2D eigenvalue weighted by Gasteiger charge is 2.16. The quantitative estimate of drug-likeness (QED) is 0.391. The highest BCUT2D eigenvalue weighted by atomic mass is 32.2. The third-order valence-corrected chi connectivity index (χ3v) is 6.44. The van der Waals surface area contributed by atoms with Gasteiger partial charge in [-0.05, 0) is 36.2 Å². The number of aryl methyl sites for hydroxylation is 2. The number of benzene rings is 2. The number of primary sulfonamides is 1. The first-order chi connectivity index (χ1) is 15.5. The lowest BCUT2D eigenvalue weighted by molar-refractivity contribution is -0.121. The van der Waals surface area contributed by atoms with Gasteiger partial charge in [0.1, 0.15) is 5.82 Å². The summed E-state index contributed by atoms with van der Waals surface area (Å²) in [7, 11) is -7.28. The third kappa shape index (κ3) is 6.53. The Morgan fingerprint density at radius 2 is 1.85 bits per heavy atom. The summed E-state index contributed by atoms with van der Waals surface area (Å²) >= 11 is 0. The summed E-state index contributed by atoms with van der Waals surface area (Å²) in [6.07, 6.45) is 2.42. The van der Waals surface area contributed by atoms with Crippen LogP contribution in [0.2, 0.25) is 0 Å². The molecule has 0 saturated carbocycles. The number of rotatable bonds is 10. The molecule has 10 nitrogen and oxygen atoms in total. The first-order valence-corrected chi connectivity index (χ1v) is 13.8. The van der Waals surface area contributed by atoms with Gasteiger partial charge in [-0.2, -0.15) is 0 Å². The van der Waals surface area contributed by atoms with Crippen molar-refractivity contribution >= 4 is 42.7 Å². The lowest BCUT2D eigenvalue weighted by Gasteiger charge is -2.12. The summed E-state index contributed by atoms with van der Waals surface area (Å²) in [5.41, 5.74) is 2.34. The van der Waals surface area contributed by atoms with Crippen LogP contribution in [0.4, 0.5) is 5.69 Å². The van der Waals surface area contributed by atoms with Gasteiger partial charge in [0.25, 0.3) is 0 Å². The first kappa shape index (κ1) is 24.7. The van der Waals surface area contributed by atoms with Crippen molar-refractivity contribution in [2.75, 3.05) is 11.0 Å². The number of para-hydroxylation sites is 1. The topological polar surface area (TPSA) is 153 Å². The molecule has 0 aliphatic heterocycles. The van der Waals surface area contributed by atoms with Crippen molar-refractivity contribution in [1.29, 1.82) is 0 Å². The Hall–Kier alpha value is -2.96. The summed E-state index contributed by atoms with van der Waals surface area (Å²) in [6, 6.07) is 11.4. The van der Waals surface area contributed by atoms with E-state index in [2.05, 4.69) is 15.0 Å². The van der Waals surface area contributed by atoms with Crippen LogP contribution in [0.1, 0.15) is 31.2 Å². The molecule has 1 amide bonds. The molecule has 1 heterocycles. The molecule has 178 valence electrons. The molecule has 0 spiro atoms. The van der Waals surface area contributed by atoms with Gasteiger partial charge in [0.15, 0.2) is 0 Å². The maximum absolute atomic E-state index is 12.5. The molecule has 0 saturated heterocycles. The van der Waals surface area contributed by atoms with Gasteiger partial charge in [-0.1, -0.05) is 25.1 Å². The predicted molar refractivity (Wildman–Crippen MR) is 126 cm³/mol. The number of fused-ring (bicyclic) bond motifs is 1. The van der Waals surface area contributed by atoms with Crippen LogP contribution in [0.5, 0.6) is 0 Å². The van der Waals surface area contributed by atoms with Crippen LogP contribution in [-0.4, -0.2) is 38.5 Å². The van der Waals surface area contributed by atoms with Crippen LogP contribution in [0.25, 0.3) is 11.0 Å². The van der Waals surface area contributed by atoms with Crippen molar-refractivity contribution in [2.24, 2.45) is 5.14 Å². The number of carbonyl (C=O) groups is 1. The van der Waals surface area contributed by atoms with Crippen LogP contribution < -0.4 is 15.2 Å². The largest absolute Gasteiger partial charge is 0.352 e. The van der Waals surface area contributed by atoms with Crippen LogP contribution in [-0.2, 0) is 44.4 Å². The monoisotopic (exact) mass is 493 g/mol. The molecule has 0 fully saturated rings. The summed E-state index contributed by atoms with van der Waals surface area (Å²) < 4.78 is 50.8. The van der Waals surface area contributed by atoms with E-state index in [-0.39, 0.29) is 23.8 Å². The number of aromatic nitrogens is 2. The molecule has 3 rings (SSSR count). The second kappa shape index (κ2) is 9.89. The second-order valence-corrected chi connectivity index (χ2v) is 11.0. The molecule has 12 heteroatoms. The predicted octanol–water partition coefficient (Wildman–Crippen LogP) is 1.71. The molecule has 1 aromatic heterocycles. The van der Waals surface area contributed by atoms with Crippen molar-refractivity contribution in [1.82, 2.24) is 14.9 Å². The average molecular weight is 494 g/mol. The Morgan fingerprint density at radius 1 is 1.12 bits per heavy atom. The number of hydrogen-bond donors (Lipinski definition) is 3. The Labute approximate surface area is 193 Å². The molecule has 0 bridgehead atoms. The van der Waals surface area contributed by atoms with Crippen molar-refractivity contribution in [3.63, 3.8) is 0 Å². The lowest BCUT2D eigenvalue weighted by atomic mass is 10.2. The van der Waals surface area contributed by atoms with Crippen molar-refractivity contribution in [3.8, 4) is 0 Å².